The summed E-state index contributed by atoms with van der Waals surface area (Å²) in [6.07, 6.45) is 0. The number of aromatic nitrogens is 1. The number of nitrogens with zero attached hydrogens (tertiary/aromatic N) is 2. The Labute approximate surface area is 142 Å². The van der Waals surface area contributed by atoms with Crippen molar-refractivity contribution in [3.05, 3.63) is 53.1 Å². The van der Waals surface area contributed by atoms with E-state index in [-0.39, 0.29) is 24.1 Å². The van der Waals surface area contributed by atoms with Gasteiger partial charge in [-0.2, -0.15) is 0 Å². The number of carbonyl (C=O) groups is 1. The van der Waals surface area contributed by atoms with Gasteiger partial charge in [0.25, 0.3) is 5.91 Å². The number of nitrogens with one attached hydrogen (secondary N) is 1. The van der Waals surface area contributed by atoms with Crippen molar-refractivity contribution in [2.45, 2.75) is 13.8 Å². The van der Waals surface area contributed by atoms with Gasteiger partial charge in [-0.25, -0.2) is 4.39 Å². The molecule has 0 aliphatic carbocycles. The van der Waals surface area contributed by atoms with Crippen molar-refractivity contribution in [3.8, 4) is 5.69 Å². The van der Waals surface area contributed by atoms with E-state index in [1.54, 1.807) is 24.1 Å². The maximum absolute atomic E-state index is 13.1. The van der Waals surface area contributed by atoms with Gasteiger partial charge in [-0.05, 0) is 51.2 Å². The first-order chi connectivity index (χ1) is 10.5. The zero-order valence-corrected chi connectivity index (χ0v) is 14.7. The highest BCUT2D eigenvalue weighted by molar-refractivity contribution is 5.95. The van der Waals surface area contributed by atoms with E-state index in [0.717, 1.165) is 23.6 Å². The summed E-state index contributed by atoms with van der Waals surface area (Å²) >= 11 is 0. The van der Waals surface area contributed by atoms with Crippen molar-refractivity contribution in [3.63, 3.8) is 0 Å². The zero-order valence-electron chi connectivity index (χ0n) is 13.9. The van der Waals surface area contributed by atoms with Crippen molar-refractivity contribution in [1.82, 2.24) is 14.8 Å². The van der Waals surface area contributed by atoms with Crippen LogP contribution >= 0.6 is 12.4 Å². The minimum absolute atomic E-state index is 0. The standard InChI is InChI=1S/C17H22FN3O.ClH/c1-12-11-16(17(22)20(4)10-9-19-3)13(2)21(12)15-7-5-14(18)6-8-15;/h5-8,11,19H,9-10H2,1-4H3;1H. The second kappa shape index (κ2) is 8.13. The van der Waals surface area contributed by atoms with Crippen molar-refractivity contribution in [2.75, 3.05) is 27.2 Å². The maximum Gasteiger partial charge on any atom is 0.255 e. The molecule has 0 atom stereocenters. The van der Waals surface area contributed by atoms with E-state index in [1.165, 1.54) is 12.1 Å². The first-order valence-electron chi connectivity index (χ1n) is 7.30. The van der Waals surface area contributed by atoms with Crippen LogP contribution in [-0.2, 0) is 0 Å². The van der Waals surface area contributed by atoms with Gasteiger partial charge in [-0.1, -0.05) is 0 Å². The lowest BCUT2D eigenvalue weighted by Crippen LogP contribution is -2.33. The SMILES string of the molecule is CNCCN(C)C(=O)c1cc(C)n(-c2ccc(F)cc2)c1C.Cl. The summed E-state index contributed by atoms with van der Waals surface area (Å²) in [5.74, 6) is -0.272. The molecule has 0 saturated carbocycles. The van der Waals surface area contributed by atoms with Crippen molar-refractivity contribution >= 4 is 18.3 Å². The zero-order chi connectivity index (χ0) is 16.3. The van der Waals surface area contributed by atoms with Gasteiger partial charge in [-0.15, -0.1) is 12.4 Å². The topological polar surface area (TPSA) is 37.3 Å². The van der Waals surface area contributed by atoms with Gasteiger partial charge < -0.3 is 14.8 Å². The third-order valence-electron chi connectivity index (χ3n) is 3.79. The highest BCUT2D eigenvalue weighted by Crippen LogP contribution is 2.22. The molecule has 23 heavy (non-hydrogen) atoms. The van der Waals surface area contributed by atoms with Gasteiger partial charge in [-0.3, -0.25) is 4.79 Å². The molecule has 0 saturated heterocycles. The molecule has 126 valence electrons. The molecule has 0 fully saturated rings. The number of benzene rings is 1. The van der Waals surface area contributed by atoms with Crippen molar-refractivity contribution in [2.24, 2.45) is 0 Å². The van der Waals surface area contributed by atoms with Crippen LogP contribution in [-0.4, -0.2) is 42.6 Å². The molecule has 1 heterocycles. The van der Waals surface area contributed by atoms with Gasteiger partial charge in [0.2, 0.25) is 0 Å². The number of hydrogen-bond acceptors (Lipinski definition) is 2. The van der Waals surface area contributed by atoms with Crippen LogP contribution in [0.1, 0.15) is 21.7 Å². The molecule has 1 N–H and O–H groups in total. The number of hydrogen-bond donors (Lipinski definition) is 1. The monoisotopic (exact) mass is 339 g/mol. The summed E-state index contributed by atoms with van der Waals surface area (Å²) < 4.78 is 15.1. The second-order valence-corrected chi connectivity index (χ2v) is 5.43. The van der Waals surface area contributed by atoms with E-state index >= 15 is 0 Å². The molecule has 0 aliphatic heterocycles. The Morgan fingerprint density at radius 1 is 1.26 bits per heavy atom. The Morgan fingerprint density at radius 2 is 1.87 bits per heavy atom. The minimum Gasteiger partial charge on any atom is -0.340 e. The summed E-state index contributed by atoms with van der Waals surface area (Å²) in [4.78, 5) is 14.2. The molecule has 2 aromatic rings. The smallest absolute Gasteiger partial charge is 0.255 e. The van der Waals surface area contributed by atoms with Crippen LogP contribution in [0.5, 0.6) is 0 Å². The highest BCUT2D eigenvalue weighted by Gasteiger charge is 2.19. The van der Waals surface area contributed by atoms with Crippen molar-refractivity contribution in [1.29, 1.82) is 0 Å². The number of carbonyl (C=O) groups excluding carboxylic acids is 1. The first-order valence-corrected chi connectivity index (χ1v) is 7.30. The molecule has 6 heteroatoms. The Hall–Kier alpha value is -1.85. The minimum atomic E-state index is -0.269. The Morgan fingerprint density at radius 3 is 2.43 bits per heavy atom. The molecule has 0 aliphatic rings. The van der Waals surface area contributed by atoms with Crippen LogP contribution in [0.3, 0.4) is 0 Å². The molecule has 1 aromatic heterocycles. The number of likely N-dealkylation sites (N-methyl/N-ethyl adjacent to an activating group) is 2. The fraction of sp³-hybridized carbons (Fsp3) is 0.353. The van der Waals surface area contributed by atoms with Gasteiger partial charge in [0.15, 0.2) is 0 Å². The molecular formula is C17H23ClFN3O. The fourth-order valence-electron chi connectivity index (χ4n) is 2.55. The summed E-state index contributed by atoms with van der Waals surface area (Å²) in [5.41, 5.74) is 3.36. The number of amides is 1. The molecular weight excluding hydrogens is 317 g/mol. The maximum atomic E-state index is 13.1. The van der Waals surface area contributed by atoms with E-state index in [9.17, 15) is 9.18 Å². The first kappa shape index (κ1) is 19.2. The van der Waals surface area contributed by atoms with E-state index in [2.05, 4.69) is 5.32 Å². The van der Waals surface area contributed by atoms with E-state index in [0.29, 0.717) is 12.1 Å². The summed E-state index contributed by atoms with van der Waals surface area (Å²) in [6, 6.07) is 8.17. The van der Waals surface area contributed by atoms with Crippen molar-refractivity contribution < 1.29 is 9.18 Å². The Balaban J connectivity index is 0.00000264. The molecule has 0 spiro atoms. The van der Waals surface area contributed by atoms with Crippen LogP contribution < -0.4 is 5.32 Å². The lowest BCUT2D eigenvalue weighted by Gasteiger charge is -2.17. The van der Waals surface area contributed by atoms with Crippen LogP contribution in [0.4, 0.5) is 4.39 Å². The van der Waals surface area contributed by atoms with Crippen LogP contribution in [0.25, 0.3) is 5.69 Å². The fourth-order valence-corrected chi connectivity index (χ4v) is 2.55. The van der Waals surface area contributed by atoms with Crippen LogP contribution in [0.15, 0.2) is 30.3 Å². The van der Waals surface area contributed by atoms with Crippen LogP contribution in [0.2, 0.25) is 0 Å². The van der Waals surface area contributed by atoms with Gasteiger partial charge in [0.1, 0.15) is 5.82 Å². The van der Waals surface area contributed by atoms with E-state index in [1.807, 2.05) is 31.5 Å². The Bertz CT molecular complexity index is 667. The largest absolute Gasteiger partial charge is 0.340 e. The van der Waals surface area contributed by atoms with Gasteiger partial charge in [0.05, 0.1) is 5.56 Å². The summed E-state index contributed by atoms with van der Waals surface area (Å²) in [5, 5.41) is 3.03. The average Bonchev–Trinajstić information content (AvgIpc) is 2.80. The number of halogens is 2. The number of aryl methyl sites for hydroxylation is 1. The third kappa shape index (κ3) is 4.12. The molecule has 1 aromatic carbocycles. The lowest BCUT2D eigenvalue weighted by molar-refractivity contribution is 0.0796. The van der Waals surface area contributed by atoms with E-state index in [4.69, 9.17) is 0 Å². The average molecular weight is 340 g/mol. The van der Waals surface area contributed by atoms with E-state index < -0.39 is 0 Å². The van der Waals surface area contributed by atoms with Gasteiger partial charge >= 0.3 is 0 Å². The predicted octanol–water partition coefficient (Wildman–Crippen LogP) is 2.95. The molecule has 0 bridgehead atoms. The normalized spacial score (nSPS) is 10.3. The van der Waals surface area contributed by atoms with Crippen LogP contribution in [0, 0.1) is 19.7 Å². The number of rotatable bonds is 5. The van der Waals surface area contributed by atoms with Gasteiger partial charge in [0, 0.05) is 37.2 Å². The summed E-state index contributed by atoms with van der Waals surface area (Å²) in [7, 11) is 3.66. The third-order valence-corrected chi connectivity index (χ3v) is 3.79. The quantitative estimate of drug-likeness (QED) is 0.909. The molecule has 4 nitrogen and oxygen atoms in total. The molecule has 0 unspecified atom stereocenters. The molecule has 1 amide bonds. The predicted molar refractivity (Wildman–Crippen MR) is 93.3 cm³/mol. The molecule has 0 radical (unpaired) electrons. The lowest BCUT2D eigenvalue weighted by atomic mass is 10.2. The second-order valence-electron chi connectivity index (χ2n) is 5.43. The Kier molecular flexibility index (Phi) is 6.79. The highest BCUT2D eigenvalue weighted by atomic mass is 35.5. The molecule has 2 rings (SSSR count). The summed E-state index contributed by atoms with van der Waals surface area (Å²) in [6.45, 7) is 5.25.